The Balaban J connectivity index is 1.63. The first-order chi connectivity index (χ1) is 6.45. The molecular weight excluding hydrogens is 182 g/mol. The molecule has 0 aromatic carbocycles. The van der Waals surface area contributed by atoms with Crippen LogP contribution >= 0.6 is 11.3 Å². The predicted molar refractivity (Wildman–Crippen MR) is 53.8 cm³/mol. The summed E-state index contributed by atoms with van der Waals surface area (Å²) in [6, 6.07) is 4.30. The van der Waals surface area contributed by atoms with Crippen LogP contribution in [0.4, 0.5) is 0 Å². The van der Waals surface area contributed by atoms with Crippen molar-refractivity contribution in [3.63, 3.8) is 0 Å². The molecule has 13 heavy (non-hydrogen) atoms. The first-order valence-electron chi connectivity index (χ1n) is 4.91. The molecule has 1 aliphatic rings. The topological polar surface area (TPSA) is 25.8 Å². The van der Waals surface area contributed by atoms with Crippen LogP contribution in [-0.4, -0.2) is 19.3 Å². The third-order valence-corrected chi connectivity index (χ3v) is 3.28. The number of thiophene rings is 1. The molecule has 1 saturated heterocycles. The Morgan fingerprint density at radius 1 is 1.62 bits per heavy atom. The molecule has 1 fully saturated rings. The summed E-state index contributed by atoms with van der Waals surface area (Å²) in [6.07, 6.45) is 3.01. The summed E-state index contributed by atoms with van der Waals surface area (Å²) < 4.78 is 5.54. The van der Waals surface area contributed by atoms with Crippen molar-refractivity contribution in [1.82, 2.24) is 0 Å². The van der Waals surface area contributed by atoms with Gasteiger partial charge in [0.15, 0.2) is 0 Å². The van der Waals surface area contributed by atoms with Crippen molar-refractivity contribution in [3.05, 3.63) is 22.4 Å². The molecule has 0 radical (unpaired) electrons. The van der Waals surface area contributed by atoms with Crippen molar-refractivity contribution in [1.29, 1.82) is 0 Å². The van der Waals surface area contributed by atoms with E-state index < -0.39 is 0 Å². The van der Waals surface area contributed by atoms with E-state index in [4.69, 9.17) is 4.74 Å². The summed E-state index contributed by atoms with van der Waals surface area (Å²) >= 11 is 1.83. The van der Waals surface area contributed by atoms with Gasteiger partial charge in [-0.25, -0.2) is 0 Å². The first kappa shape index (κ1) is 9.19. The summed E-state index contributed by atoms with van der Waals surface area (Å²) in [7, 11) is 0. The first-order valence-corrected chi connectivity index (χ1v) is 5.79. The lowest BCUT2D eigenvalue weighted by atomic mass is 10.2. The van der Waals surface area contributed by atoms with E-state index in [2.05, 4.69) is 22.8 Å². The minimum atomic E-state index is 0.514. The van der Waals surface area contributed by atoms with Crippen LogP contribution in [-0.2, 0) is 11.3 Å². The van der Waals surface area contributed by atoms with E-state index >= 15 is 0 Å². The van der Waals surface area contributed by atoms with Crippen LogP contribution in [0, 0.1) is 0 Å². The number of ether oxygens (including phenoxy) is 1. The van der Waals surface area contributed by atoms with Crippen molar-refractivity contribution < 1.29 is 10.1 Å². The SMILES string of the molecule is c1csc(C[NH2+]C[C@H]2CCCO2)c1. The number of nitrogens with two attached hydrogens (primary N) is 1. The van der Waals surface area contributed by atoms with Gasteiger partial charge in [-0.15, -0.1) is 11.3 Å². The summed E-state index contributed by atoms with van der Waals surface area (Å²) in [5, 5.41) is 4.48. The zero-order chi connectivity index (χ0) is 8.93. The maximum atomic E-state index is 5.54. The van der Waals surface area contributed by atoms with Gasteiger partial charge in [-0.1, -0.05) is 6.07 Å². The predicted octanol–water partition coefficient (Wildman–Crippen LogP) is 0.990. The molecule has 72 valence electrons. The lowest BCUT2D eigenvalue weighted by molar-refractivity contribution is -0.675. The zero-order valence-electron chi connectivity index (χ0n) is 7.74. The molecule has 2 rings (SSSR count). The average molecular weight is 198 g/mol. The van der Waals surface area contributed by atoms with Crippen LogP contribution < -0.4 is 5.32 Å². The fraction of sp³-hybridized carbons (Fsp3) is 0.600. The monoisotopic (exact) mass is 198 g/mol. The lowest BCUT2D eigenvalue weighted by Crippen LogP contribution is -2.84. The van der Waals surface area contributed by atoms with E-state index in [9.17, 15) is 0 Å². The van der Waals surface area contributed by atoms with E-state index in [1.807, 2.05) is 11.3 Å². The highest BCUT2D eigenvalue weighted by Crippen LogP contribution is 2.09. The van der Waals surface area contributed by atoms with Gasteiger partial charge in [0.25, 0.3) is 0 Å². The molecule has 2 nitrogen and oxygen atoms in total. The molecule has 0 bridgehead atoms. The molecule has 1 atom stereocenters. The van der Waals surface area contributed by atoms with Crippen LogP contribution in [0.2, 0.25) is 0 Å². The van der Waals surface area contributed by atoms with Gasteiger partial charge in [0.05, 0.1) is 4.88 Å². The highest BCUT2D eigenvalue weighted by atomic mass is 32.1. The lowest BCUT2D eigenvalue weighted by Gasteiger charge is -2.06. The van der Waals surface area contributed by atoms with Crippen LogP contribution in [0.25, 0.3) is 0 Å². The van der Waals surface area contributed by atoms with Crippen LogP contribution in [0.15, 0.2) is 17.5 Å². The van der Waals surface area contributed by atoms with E-state index in [1.165, 1.54) is 17.7 Å². The van der Waals surface area contributed by atoms with Crippen molar-refractivity contribution in [2.24, 2.45) is 0 Å². The third-order valence-electron chi connectivity index (χ3n) is 2.38. The van der Waals surface area contributed by atoms with Gasteiger partial charge in [0.1, 0.15) is 19.2 Å². The molecule has 0 saturated carbocycles. The maximum Gasteiger partial charge on any atom is 0.111 e. The number of hydrogen-bond acceptors (Lipinski definition) is 2. The molecule has 0 amide bonds. The highest BCUT2D eigenvalue weighted by Gasteiger charge is 2.16. The molecule has 2 N–H and O–H groups in total. The van der Waals surface area contributed by atoms with Gasteiger partial charge in [0.2, 0.25) is 0 Å². The second kappa shape index (κ2) is 4.74. The summed E-state index contributed by atoms with van der Waals surface area (Å²) in [5.74, 6) is 0. The maximum absolute atomic E-state index is 5.54. The van der Waals surface area contributed by atoms with Gasteiger partial charge in [0, 0.05) is 6.61 Å². The van der Waals surface area contributed by atoms with E-state index in [0.717, 1.165) is 19.7 Å². The molecule has 0 aliphatic carbocycles. The van der Waals surface area contributed by atoms with Gasteiger partial charge in [-0.05, 0) is 24.3 Å². The number of quaternary nitrogens is 1. The largest absolute Gasteiger partial charge is 0.372 e. The Labute approximate surface area is 82.9 Å². The van der Waals surface area contributed by atoms with Crippen molar-refractivity contribution in [2.45, 2.75) is 25.5 Å². The number of hydrogen-bond donors (Lipinski definition) is 1. The zero-order valence-corrected chi connectivity index (χ0v) is 8.56. The third kappa shape index (κ3) is 2.79. The van der Waals surface area contributed by atoms with E-state index in [0.29, 0.717) is 6.10 Å². The van der Waals surface area contributed by atoms with Crippen molar-refractivity contribution in [2.75, 3.05) is 13.2 Å². The van der Waals surface area contributed by atoms with Gasteiger partial charge >= 0.3 is 0 Å². The second-order valence-corrected chi connectivity index (χ2v) is 4.48. The standard InChI is InChI=1S/C10H15NOS/c1-3-9(12-5-1)7-11-8-10-4-2-6-13-10/h2,4,6,9,11H,1,3,5,7-8H2/p+1/t9-/m1/s1. The van der Waals surface area contributed by atoms with Crippen molar-refractivity contribution >= 4 is 11.3 Å². The minimum absolute atomic E-state index is 0.514. The van der Waals surface area contributed by atoms with Crippen LogP contribution in [0.3, 0.4) is 0 Å². The summed E-state index contributed by atoms with van der Waals surface area (Å²) in [6.45, 7) is 3.20. The van der Waals surface area contributed by atoms with E-state index in [1.54, 1.807) is 0 Å². The normalized spacial score (nSPS) is 22.3. The fourth-order valence-electron chi connectivity index (χ4n) is 1.67. The number of rotatable bonds is 4. The fourth-order valence-corrected chi connectivity index (χ4v) is 2.37. The Bertz CT molecular complexity index is 229. The Morgan fingerprint density at radius 3 is 3.31 bits per heavy atom. The smallest absolute Gasteiger partial charge is 0.111 e. The molecule has 0 unspecified atom stereocenters. The molecule has 1 aromatic heterocycles. The average Bonchev–Trinajstić information content (AvgIpc) is 2.75. The molecule has 1 aromatic rings. The quantitative estimate of drug-likeness (QED) is 0.767. The Hall–Kier alpha value is -0.380. The van der Waals surface area contributed by atoms with E-state index in [-0.39, 0.29) is 0 Å². The second-order valence-electron chi connectivity index (χ2n) is 3.44. The Kier molecular flexibility index (Phi) is 3.35. The van der Waals surface area contributed by atoms with Gasteiger partial charge in [-0.3, -0.25) is 0 Å². The Morgan fingerprint density at radius 2 is 2.62 bits per heavy atom. The molecular formula is C10H16NOS+. The van der Waals surface area contributed by atoms with Crippen LogP contribution in [0.5, 0.6) is 0 Å². The molecule has 2 heterocycles. The molecule has 1 aliphatic heterocycles. The molecule has 0 spiro atoms. The highest BCUT2D eigenvalue weighted by molar-refractivity contribution is 7.09. The minimum Gasteiger partial charge on any atom is -0.372 e. The van der Waals surface area contributed by atoms with Gasteiger partial charge in [-0.2, -0.15) is 0 Å². The molecule has 3 heteroatoms. The summed E-state index contributed by atoms with van der Waals surface area (Å²) in [5.41, 5.74) is 0. The van der Waals surface area contributed by atoms with Gasteiger partial charge < -0.3 is 10.1 Å². The summed E-state index contributed by atoms with van der Waals surface area (Å²) in [4.78, 5) is 1.46. The van der Waals surface area contributed by atoms with Crippen LogP contribution in [0.1, 0.15) is 17.7 Å². The van der Waals surface area contributed by atoms with Crippen molar-refractivity contribution in [3.8, 4) is 0 Å².